The summed E-state index contributed by atoms with van der Waals surface area (Å²) in [7, 11) is 0. The fraction of sp³-hybridized carbons (Fsp3) is 0.0588. The molecule has 0 spiro atoms. The van der Waals surface area contributed by atoms with Crippen molar-refractivity contribution in [3.8, 4) is 5.75 Å². The maximum atomic E-state index is 5.68. The Labute approximate surface area is 126 Å². The van der Waals surface area contributed by atoms with Crippen LogP contribution >= 0.6 is 0 Å². The minimum atomic E-state index is 0.382. The van der Waals surface area contributed by atoms with E-state index < -0.39 is 0 Å². The molecule has 2 aliphatic heterocycles. The molecular weight excluding hydrogens is 276 g/mol. The second-order valence-electron chi connectivity index (χ2n) is 4.81. The highest BCUT2D eigenvalue weighted by atomic mass is 16.5. The van der Waals surface area contributed by atoms with Gasteiger partial charge in [0.05, 0.1) is 11.4 Å². The zero-order valence-electron chi connectivity index (χ0n) is 11.7. The van der Waals surface area contributed by atoms with E-state index in [1.807, 2.05) is 36.4 Å². The molecule has 5 nitrogen and oxygen atoms in total. The van der Waals surface area contributed by atoms with E-state index >= 15 is 0 Å². The topological polar surface area (TPSA) is 58.7 Å². The summed E-state index contributed by atoms with van der Waals surface area (Å²) in [5, 5.41) is 1.87. The minimum Gasteiger partial charge on any atom is -0.487 e. The number of para-hydroxylation sites is 1. The molecule has 22 heavy (non-hydrogen) atoms. The normalized spacial score (nSPS) is 14.7. The highest BCUT2D eigenvalue weighted by Gasteiger charge is 2.10. The van der Waals surface area contributed by atoms with Gasteiger partial charge >= 0.3 is 0 Å². The van der Waals surface area contributed by atoms with Crippen molar-refractivity contribution in [2.24, 2.45) is 20.0 Å². The third-order valence-corrected chi connectivity index (χ3v) is 3.37. The molecule has 0 unspecified atom stereocenters. The summed E-state index contributed by atoms with van der Waals surface area (Å²) < 4.78 is 5.68. The van der Waals surface area contributed by atoms with Crippen LogP contribution in [-0.4, -0.2) is 25.4 Å². The van der Waals surface area contributed by atoms with Crippen molar-refractivity contribution in [3.63, 3.8) is 0 Å². The Morgan fingerprint density at radius 1 is 0.955 bits per heavy atom. The van der Waals surface area contributed by atoms with Crippen LogP contribution in [0.5, 0.6) is 5.75 Å². The Bertz CT molecular complexity index is 942. The fourth-order valence-corrected chi connectivity index (χ4v) is 2.24. The van der Waals surface area contributed by atoms with Gasteiger partial charge in [-0.15, -0.1) is 0 Å². The third-order valence-electron chi connectivity index (χ3n) is 3.37. The zero-order chi connectivity index (χ0) is 14.8. The first-order valence-electron chi connectivity index (χ1n) is 6.93. The molecule has 0 aromatic heterocycles. The summed E-state index contributed by atoms with van der Waals surface area (Å²) >= 11 is 0. The average Bonchev–Trinajstić information content (AvgIpc) is 3.32. The highest BCUT2D eigenvalue weighted by molar-refractivity contribution is 5.85. The van der Waals surface area contributed by atoms with Crippen LogP contribution in [0, 0.1) is 0 Å². The lowest BCUT2D eigenvalue weighted by atomic mass is 10.2. The van der Waals surface area contributed by atoms with Crippen LogP contribution < -0.4 is 15.3 Å². The highest BCUT2D eigenvalue weighted by Crippen LogP contribution is 2.17. The van der Waals surface area contributed by atoms with E-state index in [9.17, 15) is 0 Å². The molecule has 0 radical (unpaired) electrons. The molecule has 106 valence electrons. The maximum absolute atomic E-state index is 5.68. The van der Waals surface area contributed by atoms with Crippen LogP contribution in [-0.2, 0) is 0 Å². The quantitative estimate of drug-likeness (QED) is 0.623. The van der Waals surface area contributed by atoms with E-state index in [1.54, 1.807) is 18.6 Å². The monoisotopic (exact) mass is 288 g/mol. The predicted octanol–water partition coefficient (Wildman–Crippen LogP) is 1.93. The summed E-state index contributed by atoms with van der Waals surface area (Å²) in [5.41, 5.74) is 2.72. The molecule has 2 aromatic rings. The molecule has 0 amide bonds. The van der Waals surface area contributed by atoms with Gasteiger partial charge in [-0.1, -0.05) is 12.1 Å². The van der Waals surface area contributed by atoms with Crippen LogP contribution in [0.25, 0.3) is 6.20 Å². The molecule has 2 heterocycles. The Morgan fingerprint density at radius 2 is 1.86 bits per heavy atom. The number of hydrogen-bond acceptors (Lipinski definition) is 5. The predicted molar refractivity (Wildman–Crippen MR) is 87.5 cm³/mol. The summed E-state index contributed by atoms with van der Waals surface area (Å²) in [6.07, 6.45) is 6.75. The molecule has 0 N–H and O–H groups in total. The molecule has 0 saturated carbocycles. The van der Waals surface area contributed by atoms with Gasteiger partial charge in [-0.3, -0.25) is 4.99 Å². The lowest BCUT2D eigenvalue weighted by Crippen LogP contribution is -2.16. The smallest absolute Gasteiger partial charge is 0.128 e. The number of aliphatic imine (C=N–C) groups is 3. The number of hydrogen-bond donors (Lipinski definition) is 0. The van der Waals surface area contributed by atoms with Gasteiger partial charge in [0.1, 0.15) is 24.1 Å². The second-order valence-corrected chi connectivity index (χ2v) is 4.81. The summed E-state index contributed by atoms with van der Waals surface area (Å²) in [4.78, 5) is 17.2. The lowest BCUT2D eigenvalue weighted by molar-refractivity contribution is 0.380. The SMILES string of the molecule is C1=NC=Nc2ccc3c(c2=CN=Cc2ccccc2OC1)=N3. The largest absolute Gasteiger partial charge is 0.487 e. The van der Waals surface area contributed by atoms with Gasteiger partial charge < -0.3 is 4.74 Å². The zero-order valence-corrected chi connectivity index (χ0v) is 11.7. The number of nitrogens with zero attached hydrogens (tertiary/aromatic N) is 4. The Hall–Kier alpha value is -3.08. The van der Waals surface area contributed by atoms with Gasteiger partial charge in [0, 0.05) is 29.4 Å². The molecule has 2 aromatic carbocycles. The first-order chi connectivity index (χ1) is 10.9. The van der Waals surface area contributed by atoms with Crippen molar-refractivity contribution in [2.45, 2.75) is 0 Å². The first-order valence-corrected chi connectivity index (χ1v) is 6.93. The molecular formula is C17H12N4O. The third kappa shape index (κ3) is 2.44. The average molecular weight is 288 g/mol. The van der Waals surface area contributed by atoms with Crippen molar-refractivity contribution in [3.05, 3.63) is 52.5 Å². The van der Waals surface area contributed by atoms with Gasteiger partial charge in [-0.25, -0.2) is 15.0 Å². The summed E-state index contributed by atoms with van der Waals surface area (Å²) in [5.74, 6) is 0.774. The van der Waals surface area contributed by atoms with Crippen molar-refractivity contribution in [1.82, 2.24) is 0 Å². The van der Waals surface area contributed by atoms with E-state index in [0.29, 0.717) is 6.61 Å². The van der Waals surface area contributed by atoms with E-state index in [4.69, 9.17) is 4.74 Å². The van der Waals surface area contributed by atoms with Crippen LogP contribution in [0.15, 0.2) is 56.4 Å². The van der Waals surface area contributed by atoms with Gasteiger partial charge in [0.2, 0.25) is 0 Å². The van der Waals surface area contributed by atoms with Crippen LogP contribution in [0.2, 0.25) is 0 Å². The van der Waals surface area contributed by atoms with Gasteiger partial charge in [0.15, 0.2) is 0 Å². The van der Waals surface area contributed by atoms with Crippen LogP contribution in [0.3, 0.4) is 0 Å². The lowest BCUT2D eigenvalue weighted by Gasteiger charge is -2.05. The van der Waals surface area contributed by atoms with Crippen molar-refractivity contribution >= 4 is 36.3 Å². The molecule has 5 heteroatoms. The molecule has 4 rings (SSSR count). The Morgan fingerprint density at radius 3 is 2.86 bits per heavy atom. The van der Waals surface area contributed by atoms with Crippen LogP contribution in [0.4, 0.5) is 11.4 Å². The van der Waals surface area contributed by atoms with Gasteiger partial charge in [-0.2, -0.15) is 0 Å². The second kappa shape index (κ2) is 5.37. The molecule has 0 fully saturated rings. The fourth-order valence-electron chi connectivity index (χ4n) is 2.24. The van der Waals surface area contributed by atoms with Gasteiger partial charge in [0.25, 0.3) is 0 Å². The molecule has 0 atom stereocenters. The number of fused-ring (bicyclic) bond motifs is 4. The number of benzene rings is 2. The number of rotatable bonds is 0. The molecule has 0 aliphatic carbocycles. The maximum Gasteiger partial charge on any atom is 0.128 e. The molecule has 0 bridgehead atoms. The minimum absolute atomic E-state index is 0.382. The van der Waals surface area contributed by atoms with E-state index in [2.05, 4.69) is 20.0 Å². The van der Waals surface area contributed by atoms with E-state index in [0.717, 1.165) is 33.3 Å². The van der Waals surface area contributed by atoms with Crippen LogP contribution in [0.1, 0.15) is 5.56 Å². The summed E-state index contributed by atoms with van der Waals surface area (Å²) in [6, 6.07) is 11.6. The summed E-state index contributed by atoms with van der Waals surface area (Å²) in [6.45, 7) is 0.382. The van der Waals surface area contributed by atoms with Gasteiger partial charge in [-0.05, 0) is 24.3 Å². The molecule has 0 saturated heterocycles. The molecule has 2 aliphatic rings. The Balaban J connectivity index is 1.85. The standard InChI is InChI=1S/C17H12N4O/c1-2-4-16-12(3-1)9-19-10-13-14(5-6-15-17(13)21-15)20-11-18-7-8-22-16/h1-7,9-11H,8H2. The van der Waals surface area contributed by atoms with E-state index in [-0.39, 0.29) is 0 Å². The van der Waals surface area contributed by atoms with Crippen molar-refractivity contribution in [2.75, 3.05) is 6.61 Å². The van der Waals surface area contributed by atoms with E-state index in [1.165, 1.54) is 6.34 Å². The van der Waals surface area contributed by atoms with Crippen molar-refractivity contribution in [1.29, 1.82) is 0 Å². The number of ether oxygens (including phenoxy) is 1. The Kier molecular flexibility index (Phi) is 3.08. The van der Waals surface area contributed by atoms with Crippen molar-refractivity contribution < 1.29 is 4.74 Å². The first kappa shape index (κ1) is 12.6.